The molecule has 0 atom stereocenters. The molecule has 1 nitrogen and oxygen atoms in total. The van der Waals surface area contributed by atoms with Gasteiger partial charge in [-0.1, -0.05) is 19.1 Å². The maximum atomic E-state index is 12.6. The highest BCUT2D eigenvalue weighted by atomic mass is 19.1. The molecule has 0 aliphatic rings. The van der Waals surface area contributed by atoms with Gasteiger partial charge in [-0.25, -0.2) is 4.39 Å². The maximum Gasteiger partial charge on any atom is 0.0975 e. The number of allylic oxidation sites excluding steroid dienone is 6. The van der Waals surface area contributed by atoms with Crippen LogP contribution in [0.4, 0.5) is 4.39 Å². The fourth-order valence-electron chi connectivity index (χ4n) is 1.03. The topological polar surface area (TPSA) is 12.4 Å². The van der Waals surface area contributed by atoms with Crippen LogP contribution in [-0.2, 0) is 0 Å². The highest BCUT2D eigenvalue weighted by Crippen LogP contribution is 2.15. The Balaban J connectivity index is 5.08. The normalized spacial score (nSPS) is 14.6. The van der Waals surface area contributed by atoms with Gasteiger partial charge in [-0.3, -0.25) is 4.99 Å². The molecule has 0 N–H and O–H groups in total. The molecule has 0 heterocycles. The molecule has 0 aromatic carbocycles. The fourth-order valence-corrected chi connectivity index (χ4v) is 1.03. The Bertz CT molecular complexity index is 255. The molecule has 2 heteroatoms. The SMILES string of the molecule is C=NC(CC)=C(C=CC)C=C(C)F. The van der Waals surface area contributed by atoms with Crippen LogP contribution in [0.3, 0.4) is 0 Å². The van der Waals surface area contributed by atoms with E-state index in [1.807, 2.05) is 26.0 Å². The van der Waals surface area contributed by atoms with Gasteiger partial charge in [0.15, 0.2) is 0 Å². The van der Waals surface area contributed by atoms with Gasteiger partial charge >= 0.3 is 0 Å². The molecule has 0 unspecified atom stereocenters. The second kappa shape index (κ2) is 6.35. The molecule has 0 rings (SSSR count). The molecule has 0 saturated heterocycles. The minimum Gasteiger partial charge on any atom is -0.268 e. The summed E-state index contributed by atoms with van der Waals surface area (Å²) in [7, 11) is 0. The highest BCUT2D eigenvalue weighted by Gasteiger charge is 1.97. The Kier molecular flexibility index (Phi) is 5.77. The van der Waals surface area contributed by atoms with Gasteiger partial charge in [-0.2, -0.15) is 0 Å². The van der Waals surface area contributed by atoms with Crippen molar-refractivity contribution in [2.45, 2.75) is 27.2 Å². The Labute approximate surface area is 79.4 Å². The van der Waals surface area contributed by atoms with Crippen molar-refractivity contribution >= 4 is 6.72 Å². The Morgan fingerprint density at radius 1 is 1.54 bits per heavy atom. The summed E-state index contributed by atoms with van der Waals surface area (Å²) in [6.45, 7) is 8.72. The van der Waals surface area contributed by atoms with Crippen molar-refractivity contribution in [3.8, 4) is 0 Å². The van der Waals surface area contributed by atoms with Crippen molar-refractivity contribution in [3.63, 3.8) is 0 Å². The van der Waals surface area contributed by atoms with E-state index in [0.717, 1.165) is 17.7 Å². The largest absolute Gasteiger partial charge is 0.268 e. The standard InChI is InChI=1S/C11H16FN/c1-5-7-10(8-9(3)12)11(6-2)13-4/h5,7-8H,4,6H2,1-3H3. The van der Waals surface area contributed by atoms with Crippen LogP contribution in [0.5, 0.6) is 0 Å². The van der Waals surface area contributed by atoms with Crippen LogP contribution >= 0.6 is 0 Å². The van der Waals surface area contributed by atoms with Crippen molar-refractivity contribution < 1.29 is 4.39 Å². The van der Waals surface area contributed by atoms with E-state index in [0.29, 0.717) is 0 Å². The van der Waals surface area contributed by atoms with Crippen LogP contribution in [0.1, 0.15) is 27.2 Å². The summed E-state index contributed by atoms with van der Waals surface area (Å²) in [5, 5.41) is 0. The minimum atomic E-state index is -0.220. The average Bonchev–Trinajstić information content (AvgIpc) is 2.05. The first-order valence-corrected chi connectivity index (χ1v) is 4.32. The molecule has 72 valence electrons. The lowest BCUT2D eigenvalue weighted by molar-refractivity contribution is 0.639. The molecule has 0 aromatic rings. The van der Waals surface area contributed by atoms with Gasteiger partial charge in [0.1, 0.15) is 0 Å². The molecule has 0 radical (unpaired) electrons. The molecular weight excluding hydrogens is 165 g/mol. The zero-order valence-corrected chi connectivity index (χ0v) is 8.47. The van der Waals surface area contributed by atoms with Gasteiger partial charge in [0.05, 0.1) is 5.83 Å². The van der Waals surface area contributed by atoms with E-state index in [9.17, 15) is 4.39 Å². The first kappa shape index (κ1) is 11.8. The predicted molar refractivity (Wildman–Crippen MR) is 56.5 cm³/mol. The molecule has 0 saturated carbocycles. The third kappa shape index (κ3) is 4.41. The van der Waals surface area contributed by atoms with E-state index >= 15 is 0 Å². The van der Waals surface area contributed by atoms with E-state index in [-0.39, 0.29) is 5.83 Å². The lowest BCUT2D eigenvalue weighted by Gasteiger charge is -2.00. The number of nitrogens with zero attached hydrogens (tertiary/aromatic N) is 1. The first-order valence-electron chi connectivity index (χ1n) is 4.32. The monoisotopic (exact) mass is 181 g/mol. The third-order valence-electron chi connectivity index (χ3n) is 1.56. The Hall–Kier alpha value is -1.18. The van der Waals surface area contributed by atoms with Gasteiger partial charge in [0, 0.05) is 5.70 Å². The molecule has 0 spiro atoms. The fraction of sp³-hybridized carbons (Fsp3) is 0.364. The van der Waals surface area contributed by atoms with Gasteiger partial charge in [-0.15, -0.1) is 0 Å². The highest BCUT2D eigenvalue weighted by molar-refractivity contribution is 5.40. The minimum absolute atomic E-state index is 0.220. The van der Waals surface area contributed by atoms with E-state index in [2.05, 4.69) is 11.7 Å². The van der Waals surface area contributed by atoms with E-state index in [1.54, 1.807) is 0 Å². The molecular formula is C11H16FN. The van der Waals surface area contributed by atoms with Crippen molar-refractivity contribution in [1.82, 2.24) is 0 Å². The van der Waals surface area contributed by atoms with Gasteiger partial charge in [-0.05, 0) is 38.6 Å². The number of hydrogen-bond acceptors (Lipinski definition) is 1. The average molecular weight is 181 g/mol. The van der Waals surface area contributed by atoms with Gasteiger partial charge < -0.3 is 0 Å². The van der Waals surface area contributed by atoms with Crippen molar-refractivity contribution in [1.29, 1.82) is 0 Å². The molecule has 0 bridgehead atoms. The maximum absolute atomic E-state index is 12.6. The molecule has 0 aliphatic heterocycles. The van der Waals surface area contributed by atoms with E-state index < -0.39 is 0 Å². The lowest BCUT2D eigenvalue weighted by atomic mass is 10.1. The Morgan fingerprint density at radius 3 is 2.46 bits per heavy atom. The molecule has 0 fully saturated rings. The zero-order valence-electron chi connectivity index (χ0n) is 8.47. The summed E-state index contributed by atoms with van der Waals surface area (Å²) in [5.41, 5.74) is 1.61. The number of halogens is 1. The molecule has 0 aliphatic carbocycles. The second-order valence-corrected chi connectivity index (χ2v) is 2.64. The van der Waals surface area contributed by atoms with Crippen LogP contribution in [0, 0.1) is 0 Å². The van der Waals surface area contributed by atoms with Gasteiger partial charge in [0.25, 0.3) is 0 Å². The zero-order chi connectivity index (χ0) is 10.3. The summed E-state index contributed by atoms with van der Waals surface area (Å²) >= 11 is 0. The molecule has 0 amide bonds. The summed E-state index contributed by atoms with van der Waals surface area (Å²) in [6, 6.07) is 0. The summed E-state index contributed by atoms with van der Waals surface area (Å²) in [5.74, 6) is -0.220. The second-order valence-electron chi connectivity index (χ2n) is 2.64. The number of hydrogen-bond donors (Lipinski definition) is 0. The number of rotatable bonds is 4. The smallest absolute Gasteiger partial charge is 0.0975 e. The van der Waals surface area contributed by atoms with Crippen LogP contribution in [0.25, 0.3) is 0 Å². The molecule has 13 heavy (non-hydrogen) atoms. The first-order chi connectivity index (χ1) is 6.15. The van der Waals surface area contributed by atoms with Crippen molar-refractivity contribution in [2.24, 2.45) is 4.99 Å². The van der Waals surface area contributed by atoms with Crippen molar-refractivity contribution in [3.05, 3.63) is 35.3 Å². The molecule has 0 aromatic heterocycles. The quantitative estimate of drug-likeness (QED) is 0.462. The van der Waals surface area contributed by atoms with Crippen LogP contribution in [-0.4, -0.2) is 6.72 Å². The van der Waals surface area contributed by atoms with Crippen LogP contribution < -0.4 is 0 Å². The van der Waals surface area contributed by atoms with Crippen LogP contribution in [0.2, 0.25) is 0 Å². The third-order valence-corrected chi connectivity index (χ3v) is 1.56. The predicted octanol–water partition coefficient (Wildman–Crippen LogP) is 3.80. The summed E-state index contributed by atoms with van der Waals surface area (Å²) in [4.78, 5) is 3.85. The van der Waals surface area contributed by atoms with Crippen molar-refractivity contribution in [2.75, 3.05) is 0 Å². The summed E-state index contributed by atoms with van der Waals surface area (Å²) in [6.07, 6.45) is 5.91. The van der Waals surface area contributed by atoms with E-state index in [4.69, 9.17) is 0 Å². The van der Waals surface area contributed by atoms with Crippen LogP contribution in [0.15, 0.2) is 40.3 Å². The Morgan fingerprint density at radius 2 is 2.15 bits per heavy atom. The van der Waals surface area contributed by atoms with E-state index in [1.165, 1.54) is 13.0 Å². The summed E-state index contributed by atoms with van der Waals surface area (Å²) < 4.78 is 12.6. The van der Waals surface area contributed by atoms with Gasteiger partial charge in [0.2, 0.25) is 0 Å². The lowest BCUT2D eigenvalue weighted by Crippen LogP contribution is -1.83. The number of aliphatic imine (C=N–C) groups is 1.